The minimum absolute atomic E-state index is 0.391. The van der Waals surface area contributed by atoms with Crippen molar-refractivity contribution in [2.24, 2.45) is 5.73 Å². The second kappa shape index (κ2) is 8.00. The van der Waals surface area contributed by atoms with Gasteiger partial charge in [-0.3, -0.25) is 0 Å². The van der Waals surface area contributed by atoms with Gasteiger partial charge in [-0.1, -0.05) is 24.3 Å². The molecule has 0 amide bonds. The van der Waals surface area contributed by atoms with Crippen LogP contribution in [0.25, 0.3) is 10.9 Å². The minimum atomic E-state index is -3.20. The van der Waals surface area contributed by atoms with Gasteiger partial charge in [0.25, 0.3) is 0 Å². The highest BCUT2D eigenvalue weighted by Gasteiger charge is 2.19. The number of nitrogens with two attached hydrogens (primary N) is 1. The molecule has 0 fully saturated rings. The number of fused-ring (bicyclic) bond motifs is 2. The molecule has 4 rings (SSSR count). The van der Waals surface area contributed by atoms with Crippen LogP contribution in [0.1, 0.15) is 17.5 Å². The normalized spacial score (nSPS) is 14.5. The molecule has 0 saturated heterocycles. The van der Waals surface area contributed by atoms with Crippen molar-refractivity contribution < 1.29 is 8.42 Å². The number of aromatic nitrogens is 1. The molecule has 7 heteroatoms. The summed E-state index contributed by atoms with van der Waals surface area (Å²) < 4.78 is 23.8. The number of rotatable bonds is 5. The summed E-state index contributed by atoms with van der Waals surface area (Å²) in [6.07, 6.45) is 3.06. The molecule has 0 unspecified atom stereocenters. The van der Waals surface area contributed by atoms with Crippen LogP contribution in [-0.4, -0.2) is 39.3 Å². The van der Waals surface area contributed by atoms with E-state index >= 15 is 0 Å². The van der Waals surface area contributed by atoms with E-state index in [-0.39, 0.29) is 0 Å². The van der Waals surface area contributed by atoms with Gasteiger partial charge in [0.2, 0.25) is 0 Å². The second-order valence-electron chi connectivity index (χ2n) is 7.49. The van der Waals surface area contributed by atoms with E-state index in [9.17, 15) is 8.42 Å². The molecule has 0 bridgehead atoms. The Morgan fingerprint density at radius 1 is 1.14 bits per heavy atom. The Balaban J connectivity index is 1.71. The number of hydrogen-bond donors (Lipinski definition) is 2. The Morgan fingerprint density at radius 3 is 2.76 bits per heavy atom. The summed E-state index contributed by atoms with van der Waals surface area (Å²) in [5, 5.41) is 4.50. The van der Waals surface area contributed by atoms with Gasteiger partial charge in [-0.05, 0) is 42.2 Å². The molecule has 152 valence electrons. The van der Waals surface area contributed by atoms with Crippen molar-refractivity contribution in [1.29, 1.82) is 0 Å². The first kappa shape index (κ1) is 19.7. The van der Waals surface area contributed by atoms with Crippen LogP contribution >= 0.6 is 0 Å². The van der Waals surface area contributed by atoms with Crippen LogP contribution in [0.5, 0.6) is 0 Å². The smallest absolute Gasteiger partial charge is 0.175 e. The molecule has 1 aliphatic heterocycles. The number of anilines is 2. The van der Waals surface area contributed by atoms with Crippen molar-refractivity contribution in [3.63, 3.8) is 0 Å². The summed E-state index contributed by atoms with van der Waals surface area (Å²) in [6.45, 7) is 2.84. The number of para-hydroxylation sites is 1. The van der Waals surface area contributed by atoms with Crippen molar-refractivity contribution >= 4 is 32.2 Å². The van der Waals surface area contributed by atoms with E-state index in [1.54, 1.807) is 6.07 Å². The highest BCUT2D eigenvalue weighted by atomic mass is 32.2. The molecule has 0 saturated carbocycles. The lowest BCUT2D eigenvalue weighted by Crippen LogP contribution is -2.24. The Morgan fingerprint density at radius 2 is 1.97 bits per heavy atom. The van der Waals surface area contributed by atoms with Crippen molar-refractivity contribution in [1.82, 2.24) is 4.98 Å². The molecule has 29 heavy (non-hydrogen) atoms. The van der Waals surface area contributed by atoms with Gasteiger partial charge in [0.15, 0.2) is 9.84 Å². The predicted molar refractivity (Wildman–Crippen MR) is 118 cm³/mol. The van der Waals surface area contributed by atoms with Gasteiger partial charge in [-0.15, -0.1) is 0 Å². The average molecular weight is 411 g/mol. The molecule has 6 nitrogen and oxygen atoms in total. The zero-order valence-electron chi connectivity index (χ0n) is 16.6. The third-order valence-corrected chi connectivity index (χ3v) is 6.44. The number of benzene rings is 2. The lowest BCUT2D eigenvalue weighted by atomic mass is 10.0. The molecule has 2 aromatic carbocycles. The Labute approximate surface area is 171 Å². The Bertz CT molecular complexity index is 1140. The molecule has 3 aromatic rings. The fourth-order valence-corrected chi connectivity index (χ4v) is 4.51. The standard InChI is InChI=1S/C22H26N4O2S/c1-29(27,28)18-9-8-17-15-26(12-4-5-16(17)13-18)22-14-21(24-11-10-23)19-6-2-3-7-20(19)25-22/h2-3,6-9,13-14H,4-5,10-12,15,23H2,1H3,(H,24,25). The lowest BCUT2D eigenvalue weighted by molar-refractivity contribution is 0.601. The maximum absolute atomic E-state index is 11.9. The van der Waals surface area contributed by atoms with E-state index in [2.05, 4.69) is 22.3 Å². The molecule has 0 radical (unpaired) electrons. The summed E-state index contributed by atoms with van der Waals surface area (Å²) in [5.74, 6) is 0.920. The second-order valence-corrected chi connectivity index (χ2v) is 9.50. The molecule has 1 aromatic heterocycles. The van der Waals surface area contributed by atoms with Crippen LogP contribution < -0.4 is 16.0 Å². The maximum atomic E-state index is 11.9. The monoisotopic (exact) mass is 410 g/mol. The maximum Gasteiger partial charge on any atom is 0.175 e. The number of nitrogens with one attached hydrogen (secondary N) is 1. The van der Waals surface area contributed by atoms with E-state index in [0.717, 1.165) is 52.9 Å². The van der Waals surface area contributed by atoms with E-state index in [1.807, 2.05) is 30.3 Å². The zero-order chi connectivity index (χ0) is 20.4. The molecule has 0 atom stereocenters. The first-order chi connectivity index (χ1) is 14.0. The van der Waals surface area contributed by atoms with E-state index < -0.39 is 9.84 Å². The number of nitrogens with zero attached hydrogens (tertiary/aromatic N) is 2. The summed E-state index contributed by atoms with van der Waals surface area (Å²) in [4.78, 5) is 7.56. The molecule has 0 aliphatic carbocycles. The van der Waals surface area contributed by atoms with Crippen molar-refractivity contribution in [3.8, 4) is 0 Å². The van der Waals surface area contributed by atoms with Crippen molar-refractivity contribution in [2.75, 3.05) is 36.1 Å². The lowest BCUT2D eigenvalue weighted by Gasteiger charge is -2.24. The summed E-state index contributed by atoms with van der Waals surface area (Å²) in [5.41, 5.74) is 9.93. The van der Waals surface area contributed by atoms with E-state index in [0.29, 0.717) is 24.5 Å². The quantitative estimate of drug-likeness (QED) is 0.672. The first-order valence-corrected chi connectivity index (χ1v) is 11.8. The number of hydrogen-bond acceptors (Lipinski definition) is 6. The first-order valence-electron chi connectivity index (χ1n) is 9.86. The van der Waals surface area contributed by atoms with Crippen LogP contribution in [0.15, 0.2) is 53.4 Å². The van der Waals surface area contributed by atoms with Crippen LogP contribution in [-0.2, 0) is 22.8 Å². The third kappa shape index (κ3) is 4.21. The minimum Gasteiger partial charge on any atom is -0.383 e. The van der Waals surface area contributed by atoms with Crippen LogP contribution in [0.2, 0.25) is 0 Å². The Hall–Kier alpha value is -2.64. The molecule has 2 heterocycles. The number of pyridine rings is 1. The molecular formula is C22H26N4O2S. The largest absolute Gasteiger partial charge is 0.383 e. The average Bonchev–Trinajstić information content (AvgIpc) is 2.93. The van der Waals surface area contributed by atoms with Crippen molar-refractivity contribution in [2.45, 2.75) is 24.3 Å². The molecule has 1 aliphatic rings. The number of aryl methyl sites for hydroxylation is 1. The van der Waals surface area contributed by atoms with E-state index in [4.69, 9.17) is 10.7 Å². The third-order valence-electron chi connectivity index (χ3n) is 5.33. The number of sulfone groups is 1. The SMILES string of the molecule is CS(=O)(=O)c1ccc2c(c1)CCCN(c1cc(NCCN)c3ccccc3n1)C2. The van der Waals surface area contributed by atoms with Crippen LogP contribution in [0.3, 0.4) is 0 Å². The zero-order valence-corrected chi connectivity index (χ0v) is 17.4. The van der Waals surface area contributed by atoms with Gasteiger partial charge in [-0.2, -0.15) is 0 Å². The topological polar surface area (TPSA) is 88.3 Å². The van der Waals surface area contributed by atoms with Gasteiger partial charge >= 0.3 is 0 Å². The van der Waals surface area contributed by atoms with Crippen LogP contribution in [0, 0.1) is 0 Å². The van der Waals surface area contributed by atoms with Gasteiger partial charge in [0.1, 0.15) is 5.82 Å². The summed E-state index contributed by atoms with van der Waals surface area (Å²) in [6, 6.07) is 15.7. The van der Waals surface area contributed by atoms with Gasteiger partial charge < -0.3 is 16.0 Å². The highest BCUT2D eigenvalue weighted by Crippen LogP contribution is 2.30. The van der Waals surface area contributed by atoms with Crippen molar-refractivity contribution in [3.05, 3.63) is 59.7 Å². The van der Waals surface area contributed by atoms with Gasteiger partial charge in [0.05, 0.1) is 10.4 Å². The molecule has 0 spiro atoms. The predicted octanol–water partition coefficient (Wildman–Crippen LogP) is 2.96. The highest BCUT2D eigenvalue weighted by molar-refractivity contribution is 7.90. The van der Waals surface area contributed by atoms with Crippen LogP contribution in [0.4, 0.5) is 11.5 Å². The molecular weight excluding hydrogens is 384 g/mol. The fraction of sp³-hybridized carbons (Fsp3) is 0.318. The summed E-state index contributed by atoms with van der Waals surface area (Å²) in [7, 11) is -3.20. The van der Waals surface area contributed by atoms with E-state index in [1.165, 1.54) is 6.26 Å². The summed E-state index contributed by atoms with van der Waals surface area (Å²) >= 11 is 0. The fourth-order valence-electron chi connectivity index (χ4n) is 3.84. The van der Waals surface area contributed by atoms with Gasteiger partial charge in [0, 0.05) is 49.6 Å². The van der Waals surface area contributed by atoms with Gasteiger partial charge in [-0.25, -0.2) is 13.4 Å². The Kier molecular flexibility index (Phi) is 5.43. The molecule has 3 N–H and O–H groups in total.